The van der Waals surface area contributed by atoms with Crippen molar-refractivity contribution in [2.45, 2.75) is 62.7 Å². The molecule has 98 valence electrons. The number of hydrogen-bond donors (Lipinski definition) is 1. The number of aliphatic imine (C=N–C) groups is 1. The van der Waals surface area contributed by atoms with E-state index in [2.05, 4.69) is 16.8 Å². The number of amides is 2. The molecule has 2 saturated carbocycles. The van der Waals surface area contributed by atoms with E-state index in [1.807, 2.05) is 4.90 Å². The topological polar surface area (TPSA) is 61.9 Å². The van der Waals surface area contributed by atoms with E-state index < -0.39 is 0 Å². The predicted molar refractivity (Wildman–Crippen MR) is 68.4 cm³/mol. The number of rotatable bonds is 2. The summed E-state index contributed by atoms with van der Waals surface area (Å²) in [6.45, 7) is 3.16. The van der Waals surface area contributed by atoms with Crippen molar-refractivity contribution in [2.75, 3.05) is 6.54 Å². The van der Waals surface area contributed by atoms with Crippen LogP contribution in [0.5, 0.6) is 0 Å². The van der Waals surface area contributed by atoms with E-state index in [1.54, 1.807) is 0 Å². The maximum Gasteiger partial charge on any atom is 0.346 e. The van der Waals surface area contributed by atoms with Crippen LogP contribution in [0.15, 0.2) is 4.99 Å². The highest BCUT2D eigenvalue weighted by atomic mass is 16.2. The summed E-state index contributed by atoms with van der Waals surface area (Å²) >= 11 is 0. The van der Waals surface area contributed by atoms with Gasteiger partial charge in [-0.1, -0.05) is 0 Å². The number of urea groups is 1. The molecule has 2 aliphatic carbocycles. The van der Waals surface area contributed by atoms with Crippen molar-refractivity contribution in [1.82, 2.24) is 9.80 Å². The Hall–Kier alpha value is -1.10. The van der Waals surface area contributed by atoms with Crippen molar-refractivity contribution in [3.05, 3.63) is 0 Å². The van der Waals surface area contributed by atoms with E-state index in [-0.39, 0.29) is 11.6 Å². The third kappa shape index (κ3) is 1.31. The molecule has 2 heterocycles. The lowest BCUT2D eigenvalue weighted by molar-refractivity contribution is 0.163. The molecule has 0 radical (unpaired) electrons. The molecule has 2 aliphatic heterocycles. The Bertz CT molecular complexity index is 440. The third-order valence-electron chi connectivity index (χ3n) is 4.93. The van der Waals surface area contributed by atoms with Crippen LogP contribution in [-0.2, 0) is 0 Å². The van der Waals surface area contributed by atoms with Crippen molar-refractivity contribution in [3.63, 3.8) is 0 Å². The molecule has 5 nitrogen and oxygen atoms in total. The molecule has 0 aromatic rings. The zero-order chi connectivity index (χ0) is 12.5. The molecule has 2 atom stereocenters. The van der Waals surface area contributed by atoms with Crippen molar-refractivity contribution in [3.8, 4) is 0 Å². The minimum atomic E-state index is -0.278. The van der Waals surface area contributed by atoms with Crippen molar-refractivity contribution < 1.29 is 4.79 Å². The Kier molecular flexibility index (Phi) is 1.95. The molecule has 2 N–H and O–H groups in total. The lowest BCUT2D eigenvalue weighted by Gasteiger charge is -2.34. The lowest BCUT2D eigenvalue weighted by Crippen LogP contribution is -2.56. The first-order chi connectivity index (χ1) is 8.62. The number of nitrogens with two attached hydrogens (primary N) is 1. The summed E-state index contributed by atoms with van der Waals surface area (Å²) < 4.78 is 0. The molecule has 18 heavy (non-hydrogen) atoms. The van der Waals surface area contributed by atoms with Crippen LogP contribution in [0.3, 0.4) is 0 Å². The van der Waals surface area contributed by atoms with Gasteiger partial charge in [-0.2, -0.15) is 4.99 Å². The standard InChI is InChI=1S/C13H20N4O/c1-8-6-13(7-16(8)9-2-3-9)11(14)15-12(18)17(13)10-4-5-10/h8-10H,2-7H2,1H3,(H2,14,15,18). The maximum absolute atomic E-state index is 12.1. The smallest absolute Gasteiger partial charge is 0.346 e. The van der Waals surface area contributed by atoms with E-state index in [4.69, 9.17) is 5.73 Å². The summed E-state index contributed by atoms with van der Waals surface area (Å²) in [7, 11) is 0. The molecule has 3 fully saturated rings. The summed E-state index contributed by atoms with van der Waals surface area (Å²) in [6.07, 6.45) is 5.80. The van der Waals surface area contributed by atoms with Gasteiger partial charge < -0.3 is 10.6 Å². The zero-order valence-corrected chi connectivity index (χ0v) is 10.8. The zero-order valence-electron chi connectivity index (χ0n) is 10.8. The predicted octanol–water partition coefficient (Wildman–Crippen LogP) is 0.937. The first-order valence-corrected chi connectivity index (χ1v) is 7.05. The van der Waals surface area contributed by atoms with Gasteiger partial charge in [-0.15, -0.1) is 0 Å². The fourth-order valence-electron chi connectivity index (χ4n) is 3.79. The Balaban J connectivity index is 1.68. The summed E-state index contributed by atoms with van der Waals surface area (Å²) in [5.41, 5.74) is 5.85. The van der Waals surface area contributed by atoms with Gasteiger partial charge in [0.15, 0.2) is 0 Å². The van der Waals surface area contributed by atoms with Gasteiger partial charge in [0, 0.05) is 24.7 Å². The van der Waals surface area contributed by atoms with Crippen LogP contribution < -0.4 is 5.73 Å². The quantitative estimate of drug-likeness (QED) is 0.791. The molecule has 1 saturated heterocycles. The SMILES string of the molecule is CC1CC2(CN1C1CC1)C(N)=NC(=O)N2C1CC1. The Labute approximate surface area is 107 Å². The molecule has 2 amide bonds. The van der Waals surface area contributed by atoms with E-state index in [0.29, 0.717) is 17.9 Å². The van der Waals surface area contributed by atoms with Gasteiger partial charge in [-0.3, -0.25) is 4.90 Å². The van der Waals surface area contributed by atoms with Crippen molar-refractivity contribution in [1.29, 1.82) is 0 Å². The number of hydrogen-bond acceptors (Lipinski definition) is 3. The fourth-order valence-corrected chi connectivity index (χ4v) is 3.79. The van der Waals surface area contributed by atoms with Crippen LogP contribution in [0.25, 0.3) is 0 Å². The molecule has 0 aromatic carbocycles. The second kappa shape index (κ2) is 3.26. The maximum atomic E-state index is 12.1. The molecule has 0 bridgehead atoms. The first-order valence-electron chi connectivity index (χ1n) is 7.05. The summed E-state index contributed by atoms with van der Waals surface area (Å²) in [6, 6.07) is 1.54. The summed E-state index contributed by atoms with van der Waals surface area (Å²) in [4.78, 5) is 20.7. The van der Waals surface area contributed by atoms with E-state index in [1.165, 1.54) is 12.8 Å². The molecule has 5 heteroatoms. The van der Waals surface area contributed by atoms with Gasteiger partial charge in [0.2, 0.25) is 0 Å². The van der Waals surface area contributed by atoms with Crippen LogP contribution in [0.4, 0.5) is 4.79 Å². The molecule has 1 spiro atoms. The minimum absolute atomic E-state index is 0.0974. The summed E-state index contributed by atoms with van der Waals surface area (Å²) in [5.74, 6) is 0.564. The van der Waals surface area contributed by atoms with Crippen molar-refractivity contribution in [2.24, 2.45) is 10.7 Å². The molecule has 0 aromatic heterocycles. The molecule has 4 rings (SSSR count). The average molecular weight is 248 g/mol. The monoisotopic (exact) mass is 248 g/mol. The molecule has 4 aliphatic rings. The first kappa shape index (κ1) is 10.8. The molecular weight excluding hydrogens is 228 g/mol. The summed E-state index contributed by atoms with van der Waals surface area (Å²) in [5, 5.41) is 0. The molecule has 2 unspecified atom stereocenters. The lowest BCUT2D eigenvalue weighted by atomic mass is 9.93. The van der Waals surface area contributed by atoms with Gasteiger partial charge in [-0.25, -0.2) is 4.79 Å². The number of carbonyl (C=O) groups is 1. The number of likely N-dealkylation sites (tertiary alicyclic amines) is 1. The van der Waals surface area contributed by atoms with Crippen LogP contribution in [-0.4, -0.2) is 51.9 Å². The second-order valence-corrected chi connectivity index (χ2v) is 6.37. The molecular formula is C13H20N4O. The van der Waals surface area contributed by atoms with Gasteiger partial charge in [0.25, 0.3) is 0 Å². The second-order valence-electron chi connectivity index (χ2n) is 6.37. The van der Waals surface area contributed by atoms with E-state index in [0.717, 1.165) is 31.8 Å². The third-order valence-corrected chi connectivity index (χ3v) is 4.93. The van der Waals surface area contributed by atoms with Gasteiger partial charge >= 0.3 is 6.03 Å². The van der Waals surface area contributed by atoms with E-state index >= 15 is 0 Å². The largest absolute Gasteiger partial charge is 0.385 e. The average Bonchev–Trinajstić information content (AvgIpc) is 3.20. The Morgan fingerprint density at radius 2 is 1.94 bits per heavy atom. The fraction of sp³-hybridized carbons (Fsp3) is 0.846. The van der Waals surface area contributed by atoms with Crippen LogP contribution in [0, 0.1) is 0 Å². The van der Waals surface area contributed by atoms with Gasteiger partial charge in [0.05, 0.1) is 0 Å². The number of nitrogens with zero attached hydrogens (tertiary/aromatic N) is 3. The van der Waals surface area contributed by atoms with E-state index in [9.17, 15) is 4.79 Å². The highest BCUT2D eigenvalue weighted by molar-refractivity contribution is 6.06. The Morgan fingerprint density at radius 3 is 2.56 bits per heavy atom. The highest BCUT2D eigenvalue weighted by Gasteiger charge is 2.59. The number of amidine groups is 1. The highest BCUT2D eigenvalue weighted by Crippen LogP contribution is 2.46. The van der Waals surface area contributed by atoms with Gasteiger partial charge in [0.1, 0.15) is 11.4 Å². The number of carbonyl (C=O) groups excluding carboxylic acids is 1. The minimum Gasteiger partial charge on any atom is -0.385 e. The van der Waals surface area contributed by atoms with Crippen LogP contribution in [0.2, 0.25) is 0 Å². The van der Waals surface area contributed by atoms with Crippen LogP contribution in [0.1, 0.15) is 39.0 Å². The van der Waals surface area contributed by atoms with Crippen molar-refractivity contribution >= 4 is 11.9 Å². The normalized spacial score (nSPS) is 40.9. The Morgan fingerprint density at radius 1 is 1.28 bits per heavy atom. The van der Waals surface area contributed by atoms with Crippen LogP contribution >= 0.6 is 0 Å². The van der Waals surface area contributed by atoms with Gasteiger partial charge in [-0.05, 0) is 39.0 Å².